The molecule has 4 aromatic carbocycles. The van der Waals surface area contributed by atoms with Crippen molar-refractivity contribution in [3.8, 4) is 23.0 Å². The molecule has 679 valence electrons. The number of ether oxygens (including phenoxy) is 7. The molecule has 5 unspecified atom stereocenters. The summed E-state index contributed by atoms with van der Waals surface area (Å²) >= 11 is 0. The summed E-state index contributed by atoms with van der Waals surface area (Å²) in [5.74, 6) is -7.68. The molecule has 1 saturated heterocycles. The fourth-order valence-corrected chi connectivity index (χ4v) is 8.41. The third-order valence-corrected chi connectivity index (χ3v) is 14.4. The van der Waals surface area contributed by atoms with Gasteiger partial charge in [0.15, 0.2) is 0 Å². The van der Waals surface area contributed by atoms with Crippen molar-refractivity contribution < 1.29 is 212 Å². The van der Waals surface area contributed by atoms with Gasteiger partial charge in [0, 0.05) is 110 Å². The van der Waals surface area contributed by atoms with Gasteiger partial charge >= 0.3 is 48.0 Å². The zero-order valence-electron chi connectivity index (χ0n) is 70.0. The van der Waals surface area contributed by atoms with Crippen molar-refractivity contribution in [3.63, 3.8) is 0 Å². The van der Waals surface area contributed by atoms with E-state index in [0.717, 1.165) is 25.9 Å². The number of amides is 7. The van der Waals surface area contributed by atoms with Gasteiger partial charge in [-0.1, -0.05) is 113 Å². The fraction of sp³-hybridized carbons (Fsp3) is 0.476. The van der Waals surface area contributed by atoms with Crippen LogP contribution in [0.5, 0.6) is 23.0 Å². The van der Waals surface area contributed by atoms with Crippen LogP contribution >= 0.6 is 0 Å². The van der Waals surface area contributed by atoms with E-state index in [-0.39, 0.29) is 213 Å². The Morgan fingerprint density at radius 2 is 0.762 bits per heavy atom. The third-order valence-electron chi connectivity index (χ3n) is 14.4. The van der Waals surface area contributed by atoms with Crippen molar-refractivity contribution in [2.24, 2.45) is 5.73 Å². The Morgan fingerprint density at radius 3 is 1.02 bits per heavy atom. The minimum Gasteiger partial charge on any atom is -0.507 e. The number of allylic oxidation sites excluding steroid dienone is 3. The first-order chi connectivity index (χ1) is 55.7. The minimum atomic E-state index is -1.16. The molecule has 18 N–H and O–H groups in total. The van der Waals surface area contributed by atoms with E-state index in [2.05, 4.69) is 56.2 Å². The van der Waals surface area contributed by atoms with Crippen LogP contribution in [0.25, 0.3) is 0 Å². The van der Waals surface area contributed by atoms with Gasteiger partial charge in [0.25, 0.3) is 17.7 Å². The van der Waals surface area contributed by atoms with E-state index in [0.29, 0.717) is 6.42 Å². The molecular formula is C82H122N8O29UVW. The molecule has 1 fully saturated rings. The van der Waals surface area contributed by atoms with Gasteiger partial charge in [-0.2, -0.15) is 0 Å². The number of aliphatic carboxylic acids is 1. The van der Waals surface area contributed by atoms with Gasteiger partial charge in [-0.05, 0) is 135 Å². The van der Waals surface area contributed by atoms with Crippen molar-refractivity contribution in [3.05, 3.63) is 156 Å². The SMILES string of the molecule is C.CC/C=C\CC(=O)NCCC(NC(=O)c1ccccc1O)C(=O)OC.CC/C=C\CC(=O)NCCC(NC(=O)c1ccccc1O)C(=O)OC(CO)CO.CC/C=C\CC(=O)O.COC(=O)C(CCNC(=O)OC(C)(C)C)NC(=O)c1ccccc1O.COC(=O)C(N)CCNC(=O)OC(C)(C)C.O=C(O)c1ccccc1O.OCC1CO1.[U].[V].[W]. The van der Waals surface area contributed by atoms with Crippen LogP contribution in [0.2, 0.25) is 0 Å². The maximum absolute atomic E-state index is 12.4. The number of carboxylic acids is 2. The van der Waals surface area contributed by atoms with E-state index in [4.69, 9.17) is 50.6 Å². The zero-order chi connectivity index (χ0) is 89.8. The summed E-state index contributed by atoms with van der Waals surface area (Å²) in [7, 11) is 3.68. The van der Waals surface area contributed by atoms with Crippen LogP contribution in [0.4, 0.5) is 9.59 Å². The van der Waals surface area contributed by atoms with Crippen LogP contribution < -0.4 is 43.0 Å². The Morgan fingerprint density at radius 1 is 0.467 bits per heavy atom. The number of nitrogens with two attached hydrogens (primary N) is 1. The molecule has 1 aliphatic heterocycles. The predicted molar refractivity (Wildman–Crippen MR) is 438 cm³/mol. The second-order valence-corrected chi connectivity index (χ2v) is 26.5. The number of methoxy groups -OCH3 is 3. The Labute approximate surface area is 761 Å². The van der Waals surface area contributed by atoms with Gasteiger partial charge in [0.05, 0.1) is 70.9 Å². The number of rotatable bonds is 36. The molecule has 1 heterocycles. The number of hydrogen-bond acceptors (Lipinski definition) is 28. The molecule has 0 saturated carbocycles. The van der Waals surface area contributed by atoms with Crippen LogP contribution in [0.1, 0.15) is 175 Å². The number of phenolic OH excluding ortho intramolecular Hbond substituents is 3. The number of nitrogens with one attached hydrogen (secondary N) is 7. The number of carbonyl (C=O) groups is 13. The number of phenols is 4. The number of epoxide rings is 1. The molecule has 5 atom stereocenters. The van der Waals surface area contributed by atoms with E-state index in [1.54, 1.807) is 108 Å². The zero-order valence-corrected chi connectivity index (χ0v) is 78.5. The van der Waals surface area contributed by atoms with Crippen LogP contribution in [-0.2, 0) is 106 Å². The Balaban J connectivity index is -0.000000337. The first-order valence-corrected chi connectivity index (χ1v) is 37.3. The van der Waals surface area contributed by atoms with Crippen molar-refractivity contribution in [2.75, 3.05) is 73.9 Å². The molecule has 5 rings (SSSR count). The van der Waals surface area contributed by atoms with Gasteiger partial charge in [-0.3, -0.25) is 33.6 Å². The number of aliphatic hydroxyl groups is 3. The molecular weight excluding hydrogens is 2030 g/mol. The Bertz CT molecular complexity index is 3840. The number of aromatic hydroxyl groups is 4. The summed E-state index contributed by atoms with van der Waals surface area (Å²) < 4.78 is 33.4. The van der Waals surface area contributed by atoms with Gasteiger partial charge in [0.2, 0.25) is 11.8 Å². The maximum Gasteiger partial charge on any atom is 0.407 e. The van der Waals surface area contributed by atoms with Crippen LogP contribution in [-0.4, -0.2) is 245 Å². The summed E-state index contributed by atoms with van der Waals surface area (Å²) in [5, 5.41) is 98.6. The van der Waals surface area contributed by atoms with Crippen LogP contribution in [0, 0.1) is 31.1 Å². The van der Waals surface area contributed by atoms with Gasteiger partial charge in [0.1, 0.15) is 76.1 Å². The molecule has 7 amide bonds. The summed E-state index contributed by atoms with van der Waals surface area (Å²) in [6.07, 6.45) is 12.5. The van der Waals surface area contributed by atoms with Crippen molar-refractivity contribution >= 4 is 77.5 Å². The summed E-state index contributed by atoms with van der Waals surface area (Å²) in [6, 6.07) is 19.8. The summed E-state index contributed by atoms with van der Waals surface area (Å²) in [6.45, 7) is 16.9. The second-order valence-electron chi connectivity index (χ2n) is 26.5. The third kappa shape index (κ3) is 61.4. The predicted octanol–water partition coefficient (Wildman–Crippen LogP) is 6.28. The molecule has 37 nitrogen and oxygen atoms in total. The molecule has 122 heavy (non-hydrogen) atoms. The molecule has 4 aromatic rings. The van der Waals surface area contributed by atoms with Crippen molar-refractivity contribution in [1.29, 1.82) is 0 Å². The fourth-order valence-electron chi connectivity index (χ4n) is 8.41. The first-order valence-electron chi connectivity index (χ1n) is 37.3. The number of benzene rings is 4. The van der Waals surface area contributed by atoms with E-state index in [9.17, 15) is 77.6 Å². The van der Waals surface area contributed by atoms with Gasteiger partial charge in [-0.25, -0.2) is 28.8 Å². The quantitative estimate of drug-likeness (QED) is 0.0103. The molecule has 0 bridgehead atoms. The Kier molecular flexibility index (Phi) is 72.2. The minimum absolute atomic E-state index is 0. The topological polar surface area (TPSA) is 582 Å². The molecule has 0 aromatic heterocycles. The van der Waals surface area contributed by atoms with Gasteiger partial charge in [-0.15, -0.1) is 0 Å². The maximum atomic E-state index is 12.4. The molecule has 1 radical (unpaired) electrons. The van der Waals surface area contributed by atoms with Crippen molar-refractivity contribution in [1.82, 2.24) is 37.2 Å². The number of alkyl carbamates (subject to hydrolysis) is 2. The summed E-state index contributed by atoms with van der Waals surface area (Å²) in [5.41, 5.74) is 4.31. The second kappa shape index (κ2) is 71.7. The average Bonchev–Trinajstić information content (AvgIpc) is 1.06. The molecule has 40 heteroatoms. The van der Waals surface area contributed by atoms with E-state index in [1.165, 1.54) is 69.9 Å². The number of carbonyl (C=O) groups excluding carboxylic acids is 11. The standard InChI is InChI=1S/C20H28N2O7.C18H24N2O5.C17H24N2O6.C10H20N2O4.C7H6O3.C6H10O2.C3H6O2.CH4.U.V.W/c1-2-3-4-9-18(26)21-11-10-16(20(28)29-14(12-23)13-24)22-19(27)15-7-5-6-8-17(15)25;1-3-4-5-10-16(22)19-12-11-14(18(24)25-2)20-17(23)13-8-6-7-9-15(13)21;1-17(2,3)25-16(23)18-10-9-12(15(22)24-4)19-14(21)11-7-5-6-8-13(11)20;1-10(2,3)16-9(14)12-6-5-7(11)8(13)15-4;8-6-4-2-1-3-5(6)7(9)10;1-2-3-4-5-6(7)8;4-1-3-2-5-3;;;;/h3-8,14,16,23-25H,2,9-13H2,1H3,(H,21,26)(H,22,27);4-9,14,21H,3,10-12H2,1-2H3,(H,19,22)(H,20,23);5-8,12,20H,9-10H2,1-4H3,(H,18,23)(H,19,21);7H,5-6,11H2,1-4H3,(H,12,14);1-4,8H,(H,9,10);3-4H,2,5H2,1H3,(H,7,8);3-4H,1-2H2;1H4;;;/b4-3-;5-4-;;;;4-3-;;;;;. The average molecular weight is 2160 g/mol. The van der Waals surface area contributed by atoms with E-state index < -0.39 is 120 Å². The number of aliphatic hydroxyl groups excluding tert-OH is 3. The number of para-hydroxylation sites is 4. The monoisotopic (exact) mass is 2160 g/mol. The number of aromatic carboxylic acids is 1. The van der Waals surface area contributed by atoms with Crippen molar-refractivity contribution in [2.45, 2.75) is 182 Å². The number of esters is 4. The molecule has 0 aliphatic carbocycles. The van der Waals surface area contributed by atoms with Gasteiger partial charge < -0.3 is 122 Å². The first kappa shape index (κ1) is 123. The van der Waals surface area contributed by atoms with E-state index >= 15 is 0 Å². The number of carboxylic acid groups (broad SMARTS) is 2. The normalized spacial score (nSPS) is 12.2. The Hall–Kier alpha value is -9.87. The summed E-state index contributed by atoms with van der Waals surface area (Å²) in [4.78, 5) is 150. The van der Waals surface area contributed by atoms with Crippen LogP contribution in [0.15, 0.2) is 134 Å². The van der Waals surface area contributed by atoms with Crippen LogP contribution in [0.3, 0.4) is 0 Å². The smallest absolute Gasteiger partial charge is 0.407 e. The largest absolute Gasteiger partial charge is 0.507 e. The molecule has 0 spiro atoms. The van der Waals surface area contributed by atoms with E-state index in [1.807, 2.05) is 39.0 Å². The number of hydrogen-bond donors (Lipinski definition) is 17. The molecule has 1 aliphatic rings.